The van der Waals surface area contributed by atoms with Gasteiger partial charge in [-0.1, -0.05) is 36.6 Å². The van der Waals surface area contributed by atoms with E-state index in [1.807, 2.05) is 0 Å². The molecule has 0 spiro atoms. The summed E-state index contributed by atoms with van der Waals surface area (Å²) in [6.45, 7) is 10.9. The predicted octanol–water partition coefficient (Wildman–Crippen LogP) is 5.19. The summed E-state index contributed by atoms with van der Waals surface area (Å²) < 4.78 is 6.31. The summed E-state index contributed by atoms with van der Waals surface area (Å²) in [7, 11) is 0. The van der Waals surface area contributed by atoms with E-state index in [9.17, 15) is 0 Å². The highest BCUT2D eigenvalue weighted by atomic mass is 16.5. The molecule has 0 aromatic carbocycles. The molecular weight excluding hydrogens is 232 g/mol. The molecule has 0 aliphatic heterocycles. The fraction of sp³-hybridized carbons (Fsp3) is 0.667. The molecule has 0 aromatic rings. The van der Waals surface area contributed by atoms with Gasteiger partial charge in [-0.3, -0.25) is 0 Å². The van der Waals surface area contributed by atoms with Gasteiger partial charge in [0.1, 0.15) is 0 Å². The van der Waals surface area contributed by atoms with Crippen molar-refractivity contribution in [3.8, 4) is 0 Å². The predicted molar refractivity (Wildman–Crippen MR) is 82.2 cm³/mol. The quantitative estimate of drug-likeness (QED) is 0.663. The Morgan fingerprint density at radius 1 is 1.11 bits per heavy atom. The van der Waals surface area contributed by atoms with Crippen LogP contribution in [0.25, 0.3) is 0 Å². The molecule has 1 saturated carbocycles. The topological polar surface area (TPSA) is 9.23 Å². The van der Waals surface area contributed by atoms with Crippen molar-refractivity contribution in [2.75, 3.05) is 0 Å². The van der Waals surface area contributed by atoms with E-state index in [1.165, 1.54) is 42.4 Å². The van der Waals surface area contributed by atoms with Crippen LogP contribution < -0.4 is 0 Å². The minimum Gasteiger partial charge on any atom is -0.372 e. The second kappa shape index (κ2) is 5.66. The maximum absolute atomic E-state index is 6.31. The molecular formula is C18H28O. The Labute approximate surface area is 118 Å². The molecule has 0 amide bonds. The van der Waals surface area contributed by atoms with Gasteiger partial charge in [-0.15, -0.1) is 0 Å². The van der Waals surface area contributed by atoms with E-state index in [0.29, 0.717) is 12.0 Å². The molecule has 2 unspecified atom stereocenters. The zero-order valence-electron chi connectivity index (χ0n) is 13.1. The van der Waals surface area contributed by atoms with Crippen molar-refractivity contribution in [1.29, 1.82) is 0 Å². The first-order valence-electron chi connectivity index (χ1n) is 7.62. The highest BCUT2D eigenvalue weighted by molar-refractivity contribution is 5.49. The van der Waals surface area contributed by atoms with Crippen LogP contribution in [0.5, 0.6) is 0 Å². The highest BCUT2D eigenvalue weighted by Gasteiger charge is 2.31. The first-order valence-corrected chi connectivity index (χ1v) is 7.62. The molecule has 1 fully saturated rings. The summed E-state index contributed by atoms with van der Waals surface area (Å²) in [5, 5.41) is 0. The van der Waals surface area contributed by atoms with Gasteiger partial charge in [0.25, 0.3) is 0 Å². The number of hydrogen-bond donors (Lipinski definition) is 0. The lowest BCUT2D eigenvalue weighted by Gasteiger charge is -2.36. The SMILES string of the molecule is CC(C)=C1C=CC(C2CCCCC2OC(C)(C)C)=C1. The van der Waals surface area contributed by atoms with E-state index >= 15 is 0 Å². The normalized spacial score (nSPS) is 27.6. The van der Waals surface area contributed by atoms with Crippen molar-refractivity contribution in [3.05, 3.63) is 34.9 Å². The van der Waals surface area contributed by atoms with Crippen molar-refractivity contribution >= 4 is 0 Å². The van der Waals surface area contributed by atoms with Gasteiger partial charge in [-0.25, -0.2) is 0 Å². The number of allylic oxidation sites excluding steroid dienone is 5. The van der Waals surface area contributed by atoms with Gasteiger partial charge < -0.3 is 4.74 Å². The van der Waals surface area contributed by atoms with Gasteiger partial charge in [0.2, 0.25) is 0 Å². The second-order valence-corrected chi connectivity index (χ2v) is 7.09. The van der Waals surface area contributed by atoms with Gasteiger partial charge in [-0.2, -0.15) is 0 Å². The van der Waals surface area contributed by atoms with Gasteiger partial charge in [-0.05, 0) is 58.6 Å². The molecule has 0 saturated heterocycles. The van der Waals surface area contributed by atoms with Crippen LogP contribution in [0, 0.1) is 5.92 Å². The van der Waals surface area contributed by atoms with Crippen LogP contribution in [-0.4, -0.2) is 11.7 Å². The molecule has 106 valence electrons. The van der Waals surface area contributed by atoms with Crippen LogP contribution >= 0.6 is 0 Å². The number of ether oxygens (including phenoxy) is 1. The van der Waals surface area contributed by atoms with Gasteiger partial charge in [0, 0.05) is 5.92 Å². The molecule has 2 rings (SSSR count). The number of hydrogen-bond acceptors (Lipinski definition) is 1. The van der Waals surface area contributed by atoms with Gasteiger partial charge >= 0.3 is 0 Å². The largest absolute Gasteiger partial charge is 0.372 e. The zero-order valence-corrected chi connectivity index (χ0v) is 13.1. The molecule has 0 N–H and O–H groups in total. The Hall–Kier alpha value is -0.820. The third kappa shape index (κ3) is 3.82. The molecule has 0 heterocycles. The maximum Gasteiger partial charge on any atom is 0.0650 e. The molecule has 1 heteroatoms. The summed E-state index contributed by atoms with van der Waals surface area (Å²) >= 11 is 0. The summed E-state index contributed by atoms with van der Waals surface area (Å²) in [5.41, 5.74) is 4.22. The van der Waals surface area contributed by atoms with Gasteiger partial charge in [0.15, 0.2) is 0 Å². The lowest BCUT2D eigenvalue weighted by atomic mass is 9.81. The monoisotopic (exact) mass is 260 g/mol. The minimum absolute atomic E-state index is 0.0392. The summed E-state index contributed by atoms with van der Waals surface area (Å²) in [6.07, 6.45) is 12.4. The van der Waals surface area contributed by atoms with E-state index < -0.39 is 0 Å². The van der Waals surface area contributed by atoms with Crippen LogP contribution in [0.3, 0.4) is 0 Å². The Balaban J connectivity index is 2.15. The average molecular weight is 260 g/mol. The molecule has 1 nitrogen and oxygen atoms in total. The molecule has 19 heavy (non-hydrogen) atoms. The summed E-state index contributed by atoms with van der Waals surface area (Å²) in [4.78, 5) is 0. The van der Waals surface area contributed by atoms with E-state index in [0.717, 1.165) is 0 Å². The molecule has 0 bridgehead atoms. The summed E-state index contributed by atoms with van der Waals surface area (Å²) in [5.74, 6) is 0.584. The molecule has 2 atom stereocenters. The van der Waals surface area contributed by atoms with Crippen LogP contribution in [0.1, 0.15) is 60.3 Å². The molecule has 0 radical (unpaired) electrons. The first kappa shape index (κ1) is 14.6. The molecule has 0 aromatic heterocycles. The number of rotatable bonds is 2. The second-order valence-electron chi connectivity index (χ2n) is 7.09. The van der Waals surface area contributed by atoms with Crippen molar-refractivity contribution in [2.24, 2.45) is 5.92 Å². The van der Waals surface area contributed by atoms with E-state index in [1.54, 1.807) is 0 Å². The third-order valence-corrected chi connectivity index (χ3v) is 3.99. The van der Waals surface area contributed by atoms with Crippen molar-refractivity contribution in [2.45, 2.75) is 72.0 Å². The van der Waals surface area contributed by atoms with Crippen LogP contribution in [0.15, 0.2) is 34.9 Å². The Kier molecular flexibility index (Phi) is 4.35. The van der Waals surface area contributed by atoms with Crippen molar-refractivity contribution in [1.82, 2.24) is 0 Å². The van der Waals surface area contributed by atoms with Crippen LogP contribution in [0.2, 0.25) is 0 Å². The Morgan fingerprint density at radius 3 is 2.37 bits per heavy atom. The van der Waals surface area contributed by atoms with Crippen molar-refractivity contribution < 1.29 is 4.74 Å². The van der Waals surface area contributed by atoms with E-state index in [4.69, 9.17) is 4.74 Å². The maximum atomic E-state index is 6.31. The summed E-state index contributed by atoms with van der Waals surface area (Å²) in [6, 6.07) is 0. The van der Waals surface area contributed by atoms with E-state index in [-0.39, 0.29) is 5.60 Å². The smallest absolute Gasteiger partial charge is 0.0650 e. The first-order chi connectivity index (χ1) is 8.87. The lowest BCUT2D eigenvalue weighted by Crippen LogP contribution is -2.35. The van der Waals surface area contributed by atoms with Crippen LogP contribution in [0.4, 0.5) is 0 Å². The van der Waals surface area contributed by atoms with Crippen LogP contribution in [-0.2, 0) is 4.74 Å². The minimum atomic E-state index is -0.0392. The standard InChI is InChI=1S/C18H28O/c1-13(2)14-10-11-15(12-14)16-8-6-7-9-17(16)19-18(3,4)5/h10-12,16-17H,6-9H2,1-5H3. The highest BCUT2D eigenvalue weighted by Crippen LogP contribution is 2.37. The average Bonchev–Trinajstić information content (AvgIpc) is 2.76. The molecule has 2 aliphatic rings. The van der Waals surface area contributed by atoms with Gasteiger partial charge in [0.05, 0.1) is 11.7 Å². The Morgan fingerprint density at radius 2 is 1.79 bits per heavy atom. The molecule has 2 aliphatic carbocycles. The third-order valence-electron chi connectivity index (χ3n) is 3.99. The zero-order chi connectivity index (χ0) is 14.0. The van der Waals surface area contributed by atoms with E-state index in [2.05, 4.69) is 52.8 Å². The lowest BCUT2D eigenvalue weighted by molar-refractivity contribution is -0.0905. The van der Waals surface area contributed by atoms with Crippen molar-refractivity contribution in [3.63, 3.8) is 0 Å². The Bertz CT molecular complexity index is 413. The fourth-order valence-electron chi connectivity index (χ4n) is 3.08. The fourth-order valence-corrected chi connectivity index (χ4v) is 3.08.